The fourth-order valence-corrected chi connectivity index (χ4v) is 3.41. The molecule has 4 rings (SSSR count). The lowest BCUT2D eigenvalue weighted by Crippen LogP contribution is -2.32. The Morgan fingerprint density at radius 2 is 1.81 bits per heavy atom. The molecule has 2 aromatic carbocycles. The van der Waals surface area contributed by atoms with Crippen molar-refractivity contribution in [3.8, 4) is 0 Å². The van der Waals surface area contributed by atoms with Gasteiger partial charge in [-0.15, -0.1) is 0 Å². The largest absolute Gasteiger partial charge is 0.359 e. The minimum atomic E-state index is -0.475. The second kappa shape index (κ2) is 6.63. The fourth-order valence-electron chi connectivity index (χ4n) is 3.05. The quantitative estimate of drug-likeness (QED) is 0.652. The van der Waals surface area contributed by atoms with E-state index in [9.17, 15) is 4.79 Å². The van der Waals surface area contributed by atoms with E-state index in [1.807, 2.05) is 43.3 Å². The normalized spacial score (nSPS) is 15.9. The molecule has 0 saturated carbocycles. The zero-order valence-electron chi connectivity index (χ0n) is 13.9. The molecule has 0 saturated heterocycles. The van der Waals surface area contributed by atoms with Crippen LogP contribution in [0.2, 0.25) is 10.0 Å². The number of fused-ring (bicyclic) bond motifs is 1. The number of pyridine rings is 1. The molecule has 0 aliphatic carbocycles. The molecule has 26 heavy (non-hydrogen) atoms. The first-order valence-corrected chi connectivity index (χ1v) is 8.87. The summed E-state index contributed by atoms with van der Waals surface area (Å²) in [6.07, 6.45) is 1.20. The Kier molecular flexibility index (Phi) is 4.31. The average molecular weight is 384 g/mol. The molecule has 1 amide bonds. The van der Waals surface area contributed by atoms with E-state index in [0.717, 1.165) is 11.3 Å². The number of nitrogens with one attached hydrogen (secondary N) is 1. The monoisotopic (exact) mass is 383 g/mol. The molecule has 130 valence electrons. The minimum Gasteiger partial charge on any atom is -0.359 e. The van der Waals surface area contributed by atoms with Gasteiger partial charge in [0.25, 0.3) is 5.91 Å². The summed E-state index contributed by atoms with van der Waals surface area (Å²) in [5, 5.41) is 4.19. The van der Waals surface area contributed by atoms with Gasteiger partial charge in [-0.3, -0.25) is 14.7 Å². The summed E-state index contributed by atoms with van der Waals surface area (Å²) in [6.45, 7) is 2.01. The van der Waals surface area contributed by atoms with Crippen LogP contribution in [0, 0.1) is 6.92 Å². The van der Waals surface area contributed by atoms with Crippen LogP contribution in [0.15, 0.2) is 60.8 Å². The summed E-state index contributed by atoms with van der Waals surface area (Å²) in [5.74, 6) is -0.104. The molecule has 0 bridgehead atoms. The number of hydrogen-bond donors (Lipinski definition) is 1. The van der Waals surface area contributed by atoms with Crippen LogP contribution in [0.3, 0.4) is 0 Å². The number of halogens is 2. The maximum Gasteiger partial charge on any atom is 0.262 e. The zero-order chi connectivity index (χ0) is 18.3. The first-order valence-electron chi connectivity index (χ1n) is 8.12. The Morgan fingerprint density at radius 3 is 2.58 bits per heavy atom. The Morgan fingerprint density at radius 1 is 1.04 bits per heavy atom. The minimum absolute atomic E-state index is 0.104. The molecule has 0 unspecified atom stereocenters. The van der Waals surface area contributed by atoms with E-state index >= 15 is 0 Å². The second-order valence-electron chi connectivity index (χ2n) is 6.10. The summed E-state index contributed by atoms with van der Waals surface area (Å²) in [5.41, 5.74) is 3.79. The predicted octanol–water partition coefficient (Wildman–Crippen LogP) is 5.47. The third-order valence-electron chi connectivity index (χ3n) is 4.36. The molecule has 3 aromatic rings. The van der Waals surface area contributed by atoms with E-state index in [1.54, 1.807) is 29.3 Å². The fraction of sp³-hybridized carbons (Fsp3) is 0.100. The average Bonchev–Trinajstić information content (AvgIpc) is 2.92. The van der Waals surface area contributed by atoms with Gasteiger partial charge in [-0.2, -0.15) is 0 Å². The van der Waals surface area contributed by atoms with E-state index in [4.69, 9.17) is 23.2 Å². The van der Waals surface area contributed by atoms with Gasteiger partial charge in [-0.05, 0) is 43.3 Å². The van der Waals surface area contributed by atoms with Crippen LogP contribution in [0.25, 0.3) is 0 Å². The molecule has 0 radical (unpaired) electrons. The zero-order valence-corrected chi connectivity index (χ0v) is 15.4. The van der Waals surface area contributed by atoms with Gasteiger partial charge in [0.2, 0.25) is 0 Å². The van der Waals surface area contributed by atoms with Crippen LogP contribution in [0.4, 0.5) is 11.4 Å². The predicted molar refractivity (Wildman–Crippen MR) is 105 cm³/mol. The third-order valence-corrected chi connectivity index (χ3v) is 5.18. The number of carbonyl (C=O) groups is 1. The lowest BCUT2D eigenvalue weighted by Gasteiger charge is -2.27. The van der Waals surface area contributed by atoms with Crippen LogP contribution in [-0.2, 0) is 0 Å². The van der Waals surface area contributed by atoms with Gasteiger partial charge in [0.1, 0.15) is 0 Å². The third kappa shape index (κ3) is 2.81. The van der Waals surface area contributed by atoms with E-state index in [1.165, 1.54) is 0 Å². The molecule has 1 aromatic heterocycles. The maximum atomic E-state index is 13.0. The van der Waals surface area contributed by atoms with Crippen LogP contribution >= 0.6 is 23.2 Å². The van der Waals surface area contributed by atoms with Gasteiger partial charge in [-0.25, -0.2) is 0 Å². The number of aryl methyl sites for hydroxylation is 1. The van der Waals surface area contributed by atoms with E-state index in [0.29, 0.717) is 27.0 Å². The first-order chi connectivity index (χ1) is 12.6. The summed E-state index contributed by atoms with van der Waals surface area (Å²) in [7, 11) is 0. The van der Waals surface area contributed by atoms with Crippen molar-refractivity contribution in [3.63, 3.8) is 0 Å². The number of carbonyl (C=O) groups excluding carboxylic acids is 1. The van der Waals surface area contributed by atoms with E-state index in [-0.39, 0.29) is 5.91 Å². The van der Waals surface area contributed by atoms with Gasteiger partial charge >= 0.3 is 0 Å². The number of rotatable bonds is 3. The molecule has 1 N–H and O–H groups in total. The molecule has 0 fully saturated rings. The number of benzene rings is 2. The number of amides is 1. The standard InChI is InChI=1S/C20H15Cl2N3O/c1-12-7-9-13(10-8-12)25-19(18-14(20(25)26)4-3-11-23-18)24-16-6-2-5-15(21)17(16)22/h2-11,19,24H,1H3/t19-/m0/s1. The molecule has 4 nitrogen and oxygen atoms in total. The Hall–Kier alpha value is -2.56. The lowest BCUT2D eigenvalue weighted by molar-refractivity contribution is 0.0993. The highest BCUT2D eigenvalue weighted by Crippen LogP contribution is 2.39. The van der Waals surface area contributed by atoms with Crippen molar-refractivity contribution in [2.45, 2.75) is 13.1 Å². The highest BCUT2D eigenvalue weighted by atomic mass is 35.5. The van der Waals surface area contributed by atoms with E-state index in [2.05, 4.69) is 10.3 Å². The lowest BCUT2D eigenvalue weighted by atomic mass is 10.2. The maximum absolute atomic E-state index is 13.0. The van der Waals surface area contributed by atoms with Gasteiger partial charge in [0, 0.05) is 11.9 Å². The van der Waals surface area contributed by atoms with Crippen LogP contribution < -0.4 is 10.2 Å². The molecular formula is C20H15Cl2N3O. The first kappa shape index (κ1) is 16.9. The molecule has 2 heterocycles. The van der Waals surface area contributed by atoms with Crippen molar-refractivity contribution < 1.29 is 4.79 Å². The van der Waals surface area contributed by atoms with Gasteiger partial charge in [0.15, 0.2) is 6.17 Å². The van der Waals surface area contributed by atoms with Crippen LogP contribution in [0.5, 0.6) is 0 Å². The molecule has 0 spiro atoms. The summed E-state index contributed by atoms with van der Waals surface area (Å²) in [4.78, 5) is 19.1. The highest BCUT2D eigenvalue weighted by Gasteiger charge is 2.39. The Labute approximate surface area is 161 Å². The summed E-state index contributed by atoms with van der Waals surface area (Å²) >= 11 is 12.5. The number of anilines is 2. The topological polar surface area (TPSA) is 45.2 Å². The molecule has 6 heteroatoms. The van der Waals surface area contributed by atoms with Crippen molar-refractivity contribution in [2.24, 2.45) is 0 Å². The van der Waals surface area contributed by atoms with Crippen molar-refractivity contribution in [1.82, 2.24) is 4.98 Å². The van der Waals surface area contributed by atoms with Crippen molar-refractivity contribution in [1.29, 1.82) is 0 Å². The van der Waals surface area contributed by atoms with Gasteiger partial charge < -0.3 is 5.32 Å². The van der Waals surface area contributed by atoms with Crippen LogP contribution in [-0.4, -0.2) is 10.9 Å². The SMILES string of the molecule is Cc1ccc(N2C(=O)c3cccnc3[C@H]2Nc2cccc(Cl)c2Cl)cc1. The van der Waals surface area contributed by atoms with Crippen LogP contribution in [0.1, 0.15) is 27.8 Å². The van der Waals surface area contributed by atoms with Gasteiger partial charge in [-0.1, -0.05) is 47.0 Å². The summed E-state index contributed by atoms with van der Waals surface area (Å²) in [6, 6.07) is 16.7. The summed E-state index contributed by atoms with van der Waals surface area (Å²) < 4.78 is 0. The Bertz CT molecular complexity index is 989. The number of aromatic nitrogens is 1. The smallest absolute Gasteiger partial charge is 0.262 e. The van der Waals surface area contributed by atoms with Crippen molar-refractivity contribution in [3.05, 3.63) is 87.7 Å². The Balaban J connectivity index is 1.81. The highest BCUT2D eigenvalue weighted by molar-refractivity contribution is 6.43. The number of hydrogen-bond acceptors (Lipinski definition) is 3. The second-order valence-corrected chi connectivity index (χ2v) is 6.88. The molecule has 1 atom stereocenters. The number of nitrogens with zero attached hydrogens (tertiary/aromatic N) is 2. The molecular weight excluding hydrogens is 369 g/mol. The van der Waals surface area contributed by atoms with Gasteiger partial charge in [0.05, 0.1) is 27.0 Å². The van der Waals surface area contributed by atoms with Crippen molar-refractivity contribution >= 4 is 40.5 Å². The molecule has 1 aliphatic heterocycles. The molecule has 1 aliphatic rings. The van der Waals surface area contributed by atoms with E-state index < -0.39 is 6.17 Å². The van der Waals surface area contributed by atoms with Crippen molar-refractivity contribution in [2.75, 3.05) is 10.2 Å².